The van der Waals surface area contributed by atoms with E-state index < -0.39 is 0 Å². The van der Waals surface area contributed by atoms with Crippen LogP contribution in [0.5, 0.6) is 0 Å². The Labute approximate surface area is 117 Å². The van der Waals surface area contributed by atoms with Gasteiger partial charge in [0.15, 0.2) is 0 Å². The summed E-state index contributed by atoms with van der Waals surface area (Å²) in [6.07, 6.45) is 7.18. The predicted octanol–water partition coefficient (Wildman–Crippen LogP) is 1.35. The van der Waals surface area contributed by atoms with Gasteiger partial charge in [0.1, 0.15) is 0 Å². The molecule has 1 aliphatic heterocycles. The van der Waals surface area contributed by atoms with Crippen molar-refractivity contribution in [1.29, 1.82) is 0 Å². The summed E-state index contributed by atoms with van der Waals surface area (Å²) >= 11 is 0. The average molecular weight is 267 g/mol. The Bertz CT molecular complexity index is 289. The molecule has 2 atom stereocenters. The molecule has 1 aliphatic carbocycles. The fourth-order valence-electron chi connectivity index (χ4n) is 3.62. The Balaban J connectivity index is 1.74. The van der Waals surface area contributed by atoms with Crippen molar-refractivity contribution in [3.05, 3.63) is 0 Å². The summed E-state index contributed by atoms with van der Waals surface area (Å²) in [7, 11) is 0. The Kier molecular flexibility index (Phi) is 5.64. The van der Waals surface area contributed by atoms with E-state index >= 15 is 0 Å². The molecule has 0 spiro atoms. The van der Waals surface area contributed by atoms with Crippen LogP contribution in [-0.2, 0) is 4.79 Å². The normalized spacial score (nSPS) is 29.6. The number of amides is 1. The zero-order valence-electron chi connectivity index (χ0n) is 12.2. The van der Waals surface area contributed by atoms with Gasteiger partial charge in [-0.15, -0.1) is 0 Å². The highest BCUT2D eigenvalue weighted by atomic mass is 16.2. The summed E-state index contributed by atoms with van der Waals surface area (Å²) in [5.74, 6) is 1.53. The molecule has 2 unspecified atom stereocenters. The Morgan fingerprint density at radius 3 is 2.63 bits per heavy atom. The lowest BCUT2D eigenvalue weighted by Crippen LogP contribution is -2.47. The summed E-state index contributed by atoms with van der Waals surface area (Å²) in [4.78, 5) is 14.3. The number of carbonyl (C=O) groups is 1. The third kappa shape index (κ3) is 4.18. The van der Waals surface area contributed by atoms with E-state index in [0.29, 0.717) is 24.4 Å². The fourth-order valence-corrected chi connectivity index (χ4v) is 3.62. The molecule has 0 aromatic carbocycles. The van der Waals surface area contributed by atoms with Crippen molar-refractivity contribution in [1.82, 2.24) is 10.2 Å². The molecule has 2 aliphatic rings. The summed E-state index contributed by atoms with van der Waals surface area (Å²) < 4.78 is 0. The molecule has 1 saturated heterocycles. The van der Waals surface area contributed by atoms with Gasteiger partial charge in [-0.1, -0.05) is 26.2 Å². The van der Waals surface area contributed by atoms with Crippen molar-refractivity contribution >= 4 is 5.91 Å². The van der Waals surface area contributed by atoms with Crippen molar-refractivity contribution < 1.29 is 4.79 Å². The first kappa shape index (κ1) is 14.8. The van der Waals surface area contributed by atoms with Gasteiger partial charge in [-0.05, 0) is 44.2 Å². The highest BCUT2D eigenvalue weighted by Crippen LogP contribution is 2.25. The molecule has 0 radical (unpaired) electrons. The van der Waals surface area contributed by atoms with Crippen LogP contribution >= 0.6 is 0 Å². The number of hydrogen-bond acceptors (Lipinski definition) is 3. The molecule has 2 rings (SSSR count). The zero-order chi connectivity index (χ0) is 13.7. The number of nitrogens with zero attached hydrogens (tertiary/aromatic N) is 1. The third-order valence-corrected chi connectivity index (χ3v) is 4.89. The first-order valence-corrected chi connectivity index (χ1v) is 7.94. The maximum atomic E-state index is 12.0. The second-order valence-corrected chi connectivity index (χ2v) is 6.24. The van der Waals surface area contributed by atoms with Gasteiger partial charge in [0.25, 0.3) is 0 Å². The van der Waals surface area contributed by atoms with Crippen molar-refractivity contribution in [3.63, 3.8) is 0 Å². The lowest BCUT2D eigenvalue weighted by molar-refractivity contribution is -0.123. The van der Waals surface area contributed by atoms with Gasteiger partial charge >= 0.3 is 0 Å². The fraction of sp³-hybridized carbons (Fsp3) is 0.933. The number of likely N-dealkylation sites (tertiary alicyclic amines) is 1. The van der Waals surface area contributed by atoms with Gasteiger partial charge in [-0.25, -0.2) is 0 Å². The highest BCUT2D eigenvalue weighted by molar-refractivity contribution is 5.78. The van der Waals surface area contributed by atoms with E-state index in [-0.39, 0.29) is 5.91 Å². The molecule has 0 aromatic rings. The second kappa shape index (κ2) is 7.25. The topological polar surface area (TPSA) is 58.4 Å². The number of nitrogens with one attached hydrogen (secondary N) is 1. The van der Waals surface area contributed by atoms with Crippen molar-refractivity contribution in [3.8, 4) is 0 Å². The summed E-state index contributed by atoms with van der Waals surface area (Å²) in [6.45, 7) is 5.66. The van der Waals surface area contributed by atoms with Crippen LogP contribution in [0.1, 0.15) is 45.4 Å². The van der Waals surface area contributed by atoms with Crippen molar-refractivity contribution in [2.75, 3.05) is 26.2 Å². The molecule has 0 bridgehead atoms. The van der Waals surface area contributed by atoms with Gasteiger partial charge < -0.3 is 11.1 Å². The van der Waals surface area contributed by atoms with Gasteiger partial charge in [-0.2, -0.15) is 0 Å². The SMILES string of the molecule is CCC1CN(CC(=O)NC2CCCC2)CCC1CN. The molecule has 2 fully saturated rings. The van der Waals surface area contributed by atoms with Crippen LogP contribution in [0.15, 0.2) is 0 Å². The Hall–Kier alpha value is -0.610. The first-order valence-electron chi connectivity index (χ1n) is 7.94. The van der Waals surface area contributed by atoms with Gasteiger partial charge in [-0.3, -0.25) is 9.69 Å². The molecule has 19 heavy (non-hydrogen) atoms. The smallest absolute Gasteiger partial charge is 0.234 e. The minimum Gasteiger partial charge on any atom is -0.352 e. The van der Waals surface area contributed by atoms with Crippen LogP contribution in [0, 0.1) is 11.8 Å². The number of carbonyl (C=O) groups excluding carboxylic acids is 1. The van der Waals surface area contributed by atoms with E-state index in [1.54, 1.807) is 0 Å². The maximum Gasteiger partial charge on any atom is 0.234 e. The lowest BCUT2D eigenvalue weighted by Gasteiger charge is -2.37. The van der Waals surface area contributed by atoms with Crippen LogP contribution in [-0.4, -0.2) is 43.0 Å². The number of nitrogens with two attached hydrogens (primary N) is 1. The lowest BCUT2D eigenvalue weighted by atomic mass is 9.84. The van der Waals surface area contributed by atoms with E-state index in [1.807, 2.05) is 0 Å². The van der Waals surface area contributed by atoms with E-state index in [4.69, 9.17) is 5.73 Å². The van der Waals surface area contributed by atoms with E-state index in [1.165, 1.54) is 32.1 Å². The Morgan fingerprint density at radius 1 is 1.26 bits per heavy atom. The van der Waals surface area contributed by atoms with Gasteiger partial charge in [0, 0.05) is 12.6 Å². The number of hydrogen-bond donors (Lipinski definition) is 2. The molecule has 3 N–H and O–H groups in total. The summed E-state index contributed by atoms with van der Waals surface area (Å²) in [5.41, 5.74) is 5.83. The molecule has 1 heterocycles. The van der Waals surface area contributed by atoms with E-state index in [9.17, 15) is 4.79 Å². The molecule has 4 heteroatoms. The number of rotatable bonds is 5. The minimum atomic E-state index is 0.216. The second-order valence-electron chi connectivity index (χ2n) is 6.24. The monoisotopic (exact) mass is 267 g/mol. The number of piperidine rings is 1. The highest BCUT2D eigenvalue weighted by Gasteiger charge is 2.28. The van der Waals surface area contributed by atoms with Crippen molar-refractivity contribution in [2.45, 2.75) is 51.5 Å². The molecular formula is C15H29N3O. The molecular weight excluding hydrogens is 238 g/mol. The first-order chi connectivity index (χ1) is 9.22. The largest absolute Gasteiger partial charge is 0.352 e. The van der Waals surface area contributed by atoms with Crippen LogP contribution in [0.4, 0.5) is 0 Å². The summed E-state index contributed by atoms with van der Waals surface area (Å²) in [5, 5.41) is 3.18. The van der Waals surface area contributed by atoms with E-state index in [0.717, 1.165) is 26.1 Å². The molecule has 0 aromatic heterocycles. The van der Waals surface area contributed by atoms with Crippen LogP contribution in [0.2, 0.25) is 0 Å². The van der Waals surface area contributed by atoms with Crippen LogP contribution < -0.4 is 11.1 Å². The van der Waals surface area contributed by atoms with Crippen molar-refractivity contribution in [2.24, 2.45) is 17.6 Å². The molecule has 1 saturated carbocycles. The zero-order valence-corrected chi connectivity index (χ0v) is 12.2. The summed E-state index contributed by atoms with van der Waals surface area (Å²) in [6, 6.07) is 0.441. The van der Waals surface area contributed by atoms with Crippen LogP contribution in [0.25, 0.3) is 0 Å². The maximum absolute atomic E-state index is 12.0. The van der Waals surface area contributed by atoms with Crippen LogP contribution in [0.3, 0.4) is 0 Å². The predicted molar refractivity (Wildman–Crippen MR) is 77.8 cm³/mol. The molecule has 110 valence electrons. The van der Waals surface area contributed by atoms with Gasteiger partial charge in [0.2, 0.25) is 5.91 Å². The average Bonchev–Trinajstić information content (AvgIpc) is 2.91. The third-order valence-electron chi connectivity index (χ3n) is 4.89. The Morgan fingerprint density at radius 2 is 2.00 bits per heavy atom. The standard InChI is InChI=1S/C15H29N3O/c1-2-12-10-18(8-7-13(12)9-16)11-15(19)17-14-5-3-4-6-14/h12-14H,2-11,16H2,1H3,(H,17,19). The molecule has 1 amide bonds. The molecule has 4 nitrogen and oxygen atoms in total. The minimum absolute atomic E-state index is 0.216. The van der Waals surface area contributed by atoms with E-state index in [2.05, 4.69) is 17.1 Å². The van der Waals surface area contributed by atoms with Gasteiger partial charge in [0.05, 0.1) is 6.54 Å². The quantitative estimate of drug-likeness (QED) is 0.790.